The SMILES string of the molecule is CCCCCCCCCCCCCCCCC(O)C(=O)[O-].O=C([O-])C=Cc1cnc[nH]1.[Mn+2]. The Morgan fingerprint density at radius 3 is 1.78 bits per heavy atom. The zero-order chi connectivity index (χ0) is 23.2. The number of nitrogens with one attached hydrogen (secondary N) is 1. The molecule has 32 heavy (non-hydrogen) atoms. The smallest absolute Gasteiger partial charge is 0.547 e. The predicted molar refractivity (Wildman–Crippen MR) is 119 cm³/mol. The molecule has 0 saturated carbocycles. The van der Waals surface area contributed by atoms with Crippen molar-refractivity contribution in [2.75, 3.05) is 0 Å². The van der Waals surface area contributed by atoms with Gasteiger partial charge in [0.25, 0.3) is 0 Å². The first kappa shape index (κ1) is 32.5. The number of unbranched alkanes of at least 4 members (excludes halogenated alkanes) is 13. The summed E-state index contributed by atoms with van der Waals surface area (Å²) in [7, 11) is 0. The molecule has 0 amide bonds. The molecule has 0 spiro atoms. The molecule has 0 aromatic carbocycles. The maximum absolute atomic E-state index is 10.3. The van der Waals surface area contributed by atoms with E-state index >= 15 is 0 Å². The van der Waals surface area contributed by atoms with Crippen LogP contribution in [0.5, 0.6) is 0 Å². The van der Waals surface area contributed by atoms with Crippen molar-refractivity contribution in [1.29, 1.82) is 0 Å². The molecule has 1 atom stereocenters. The van der Waals surface area contributed by atoms with E-state index in [9.17, 15) is 19.8 Å². The Morgan fingerprint density at radius 1 is 0.938 bits per heavy atom. The van der Waals surface area contributed by atoms with Gasteiger partial charge < -0.3 is 29.9 Å². The Balaban J connectivity index is 0. The average Bonchev–Trinajstić information content (AvgIpc) is 3.26. The van der Waals surface area contributed by atoms with Gasteiger partial charge in [-0.3, -0.25) is 0 Å². The number of aromatic amines is 1. The molecule has 1 heterocycles. The maximum atomic E-state index is 10.3. The predicted octanol–water partition coefficient (Wildman–Crippen LogP) is 3.14. The Hall–Kier alpha value is -1.63. The Morgan fingerprint density at radius 2 is 1.41 bits per heavy atom. The summed E-state index contributed by atoms with van der Waals surface area (Å²) >= 11 is 0. The van der Waals surface area contributed by atoms with Crippen molar-refractivity contribution >= 4 is 18.0 Å². The number of hydrogen-bond donors (Lipinski definition) is 2. The molecule has 0 aliphatic carbocycles. The minimum atomic E-state index is -1.34. The molecule has 0 saturated heterocycles. The van der Waals surface area contributed by atoms with Crippen LogP contribution in [0.1, 0.15) is 109 Å². The zero-order valence-electron chi connectivity index (χ0n) is 19.4. The largest absolute Gasteiger partial charge is 2.00 e. The van der Waals surface area contributed by atoms with Crippen LogP contribution >= 0.6 is 0 Å². The van der Waals surface area contributed by atoms with Gasteiger partial charge in [0.05, 0.1) is 36.3 Å². The number of rotatable bonds is 18. The zero-order valence-corrected chi connectivity index (χ0v) is 20.6. The Kier molecular flexibility index (Phi) is 24.4. The number of carboxylic acids is 2. The van der Waals surface area contributed by atoms with Crippen LogP contribution in [-0.4, -0.2) is 33.1 Å². The van der Waals surface area contributed by atoms with E-state index in [4.69, 9.17) is 5.11 Å². The molecule has 0 aliphatic heterocycles. The van der Waals surface area contributed by atoms with E-state index in [1.54, 1.807) is 0 Å². The van der Waals surface area contributed by atoms with Crippen LogP contribution < -0.4 is 10.2 Å². The van der Waals surface area contributed by atoms with E-state index in [2.05, 4.69) is 16.9 Å². The summed E-state index contributed by atoms with van der Waals surface area (Å²) in [6, 6.07) is 0. The van der Waals surface area contributed by atoms with Crippen LogP contribution in [0.25, 0.3) is 6.08 Å². The monoisotopic (exact) mass is 491 g/mol. The molecule has 1 unspecified atom stereocenters. The third-order valence-corrected chi connectivity index (χ3v) is 5.02. The molecule has 2 N–H and O–H groups in total. The topological polar surface area (TPSA) is 129 Å². The van der Waals surface area contributed by atoms with Gasteiger partial charge in [0.2, 0.25) is 0 Å². The third-order valence-electron chi connectivity index (χ3n) is 5.02. The Bertz CT molecular complexity index is 579. The van der Waals surface area contributed by atoms with E-state index in [1.807, 2.05) is 0 Å². The fourth-order valence-electron chi connectivity index (χ4n) is 3.17. The minimum Gasteiger partial charge on any atom is -0.547 e. The fraction of sp³-hybridized carbons (Fsp3) is 0.708. The molecule has 7 nitrogen and oxygen atoms in total. The average molecular weight is 492 g/mol. The van der Waals surface area contributed by atoms with E-state index < -0.39 is 18.0 Å². The summed E-state index contributed by atoms with van der Waals surface area (Å²) < 4.78 is 0. The van der Waals surface area contributed by atoms with E-state index in [0.717, 1.165) is 25.3 Å². The molecule has 0 bridgehead atoms. The summed E-state index contributed by atoms with van der Waals surface area (Å²) in [4.78, 5) is 26.5. The van der Waals surface area contributed by atoms with Gasteiger partial charge in [-0.1, -0.05) is 96.8 Å². The van der Waals surface area contributed by atoms with Gasteiger partial charge >= 0.3 is 17.1 Å². The second-order valence-corrected chi connectivity index (χ2v) is 7.88. The summed E-state index contributed by atoms with van der Waals surface area (Å²) in [5.74, 6) is -2.56. The molecular weight excluding hydrogens is 451 g/mol. The molecule has 0 fully saturated rings. The number of nitrogens with zero attached hydrogens (tertiary/aromatic N) is 1. The van der Waals surface area contributed by atoms with E-state index in [0.29, 0.717) is 12.1 Å². The van der Waals surface area contributed by atoms with E-state index in [1.165, 1.54) is 89.2 Å². The van der Waals surface area contributed by atoms with Crippen LogP contribution in [0.15, 0.2) is 18.6 Å². The summed E-state index contributed by atoms with van der Waals surface area (Å²) in [5.41, 5.74) is 0.643. The van der Waals surface area contributed by atoms with Crippen molar-refractivity contribution in [3.8, 4) is 0 Å². The first-order chi connectivity index (χ1) is 15.0. The number of hydrogen-bond acceptors (Lipinski definition) is 6. The number of carboxylic acid groups (broad SMARTS) is 2. The van der Waals surface area contributed by atoms with Crippen molar-refractivity contribution in [1.82, 2.24) is 9.97 Å². The number of H-pyrrole nitrogens is 1. The molecule has 0 aliphatic rings. The van der Waals surface area contributed by atoms with Crippen molar-refractivity contribution in [2.24, 2.45) is 0 Å². The molecule has 1 rings (SSSR count). The van der Waals surface area contributed by atoms with Crippen molar-refractivity contribution < 1.29 is 42.0 Å². The molecule has 8 heteroatoms. The quantitative estimate of drug-likeness (QED) is 0.184. The van der Waals surface area contributed by atoms with Crippen LogP contribution in [0.3, 0.4) is 0 Å². The van der Waals surface area contributed by atoms with Gasteiger partial charge in [-0.15, -0.1) is 0 Å². The van der Waals surface area contributed by atoms with Crippen LogP contribution in [0.2, 0.25) is 0 Å². The summed E-state index contributed by atoms with van der Waals surface area (Å²) in [6.45, 7) is 2.26. The van der Waals surface area contributed by atoms with Gasteiger partial charge in [-0.25, -0.2) is 4.98 Å². The van der Waals surface area contributed by atoms with Gasteiger partial charge in [-0.2, -0.15) is 0 Å². The maximum Gasteiger partial charge on any atom is 2.00 e. The number of carbonyl (C=O) groups excluding carboxylic acids is 2. The number of carbonyl (C=O) groups is 2. The number of aromatic nitrogens is 2. The normalized spacial score (nSPS) is 11.4. The van der Waals surface area contributed by atoms with Crippen LogP contribution in [0.4, 0.5) is 0 Å². The number of imidazole rings is 1. The molecule has 1 radical (unpaired) electrons. The van der Waals surface area contributed by atoms with Gasteiger partial charge in [0.15, 0.2) is 0 Å². The standard InChI is InChI=1S/C18H36O3.C6H6N2O2.Mn/c1-2-3-4-5-6-7-8-9-10-11-12-13-14-15-16-17(19)18(20)21;9-6(10)2-1-5-3-7-4-8-5;/h17,19H,2-16H2,1H3,(H,20,21);1-4H,(H,7,8)(H,9,10);/q;;+2/p-2. The molecule has 183 valence electrons. The fourth-order valence-corrected chi connectivity index (χ4v) is 3.17. The second kappa shape index (κ2) is 24.0. The summed E-state index contributed by atoms with van der Waals surface area (Å²) in [6.07, 6.45) is 22.2. The number of aliphatic carboxylic acids is 2. The first-order valence-corrected chi connectivity index (χ1v) is 11.7. The molecule has 1 aromatic rings. The number of aliphatic hydroxyl groups excluding tert-OH is 1. The van der Waals surface area contributed by atoms with Gasteiger partial charge in [0.1, 0.15) is 0 Å². The third kappa shape index (κ3) is 23.0. The van der Waals surface area contributed by atoms with Crippen molar-refractivity contribution in [3.63, 3.8) is 0 Å². The van der Waals surface area contributed by atoms with Crippen molar-refractivity contribution in [2.45, 2.75) is 109 Å². The van der Waals surface area contributed by atoms with Crippen LogP contribution in [-0.2, 0) is 26.7 Å². The van der Waals surface area contributed by atoms with Gasteiger partial charge in [-0.05, 0) is 18.6 Å². The summed E-state index contributed by atoms with van der Waals surface area (Å²) in [5, 5.41) is 29.2. The Labute approximate surface area is 203 Å². The first-order valence-electron chi connectivity index (χ1n) is 11.7. The molecule has 1 aromatic heterocycles. The van der Waals surface area contributed by atoms with Crippen molar-refractivity contribution in [3.05, 3.63) is 24.3 Å². The second-order valence-electron chi connectivity index (χ2n) is 7.88. The number of aliphatic hydroxyl groups is 1. The molecular formula is C24H40MnN2O5. The van der Waals surface area contributed by atoms with Crippen LogP contribution in [0, 0.1) is 0 Å². The van der Waals surface area contributed by atoms with Gasteiger partial charge in [0, 0.05) is 0 Å². The van der Waals surface area contributed by atoms with E-state index in [-0.39, 0.29) is 17.1 Å². The minimum absolute atomic E-state index is 0.